The molecular weight excluding hydrogens is 282 g/mol. The summed E-state index contributed by atoms with van der Waals surface area (Å²) in [5.74, 6) is 0. The zero-order valence-corrected chi connectivity index (χ0v) is 12.9. The van der Waals surface area contributed by atoms with Gasteiger partial charge in [0.05, 0.1) is 0 Å². The summed E-state index contributed by atoms with van der Waals surface area (Å²) in [4.78, 5) is 2.24. The van der Waals surface area contributed by atoms with Gasteiger partial charge in [-0.3, -0.25) is 4.90 Å². The summed E-state index contributed by atoms with van der Waals surface area (Å²) in [5.41, 5.74) is 6.35. The number of hydrogen-bond acceptors (Lipinski definition) is 5. The Bertz CT molecular complexity index is 523. The van der Waals surface area contributed by atoms with Gasteiger partial charge in [0.2, 0.25) is 10.0 Å². The van der Waals surface area contributed by atoms with Gasteiger partial charge in [-0.25, -0.2) is 13.1 Å². The SMILES string of the molecule is CC(CNS(=O)(=O)c1cc(CN)cs1)N(C)C1CC1. The summed E-state index contributed by atoms with van der Waals surface area (Å²) < 4.78 is 27.2. The fourth-order valence-corrected chi connectivity index (χ4v) is 4.28. The molecule has 1 fully saturated rings. The summed E-state index contributed by atoms with van der Waals surface area (Å²) in [6.45, 7) is 2.85. The molecule has 19 heavy (non-hydrogen) atoms. The van der Waals surface area contributed by atoms with Gasteiger partial charge < -0.3 is 5.73 Å². The zero-order valence-electron chi connectivity index (χ0n) is 11.3. The average Bonchev–Trinajstić information content (AvgIpc) is 3.11. The number of rotatable bonds is 7. The fourth-order valence-electron chi connectivity index (χ4n) is 1.89. The molecule has 108 valence electrons. The lowest BCUT2D eigenvalue weighted by molar-refractivity contribution is 0.248. The Hall–Kier alpha value is -0.470. The molecule has 1 aromatic rings. The minimum Gasteiger partial charge on any atom is -0.326 e. The van der Waals surface area contributed by atoms with E-state index in [0.717, 1.165) is 5.56 Å². The average molecular weight is 303 g/mol. The van der Waals surface area contributed by atoms with Gasteiger partial charge in [-0.05, 0) is 43.8 Å². The predicted octanol–water partition coefficient (Wildman–Crippen LogP) is 0.968. The van der Waals surface area contributed by atoms with Crippen molar-refractivity contribution in [2.45, 2.75) is 42.6 Å². The number of likely N-dealkylation sites (N-methyl/N-ethyl adjacent to an activating group) is 1. The zero-order chi connectivity index (χ0) is 14.0. The second-order valence-electron chi connectivity index (χ2n) is 5.08. The van der Waals surface area contributed by atoms with Crippen LogP contribution in [0, 0.1) is 0 Å². The Labute approximate surface area is 118 Å². The first-order valence-corrected chi connectivity index (χ1v) is 8.79. The van der Waals surface area contributed by atoms with Crippen molar-refractivity contribution in [1.82, 2.24) is 9.62 Å². The van der Waals surface area contributed by atoms with Crippen molar-refractivity contribution in [2.75, 3.05) is 13.6 Å². The molecule has 0 aromatic carbocycles. The molecule has 7 heteroatoms. The molecule has 1 heterocycles. The van der Waals surface area contributed by atoms with Crippen molar-refractivity contribution < 1.29 is 8.42 Å². The van der Waals surface area contributed by atoms with Gasteiger partial charge in [0.25, 0.3) is 0 Å². The van der Waals surface area contributed by atoms with Crippen LogP contribution in [0.3, 0.4) is 0 Å². The largest absolute Gasteiger partial charge is 0.326 e. The lowest BCUT2D eigenvalue weighted by atomic mass is 10.3. The van der Waals surface area contributed by atoms with E-state index in [4.69, 9.17) is 5.73 Å². The van der Waals surface area contributed by atoms with Crippen molar-refractivity contribution in [2.24, 2.45) is 5.73 Å². The van der Waals surface area contributed by atoms with E-state index in [-0.39, 0.29) is 6.04 Å². The van der Waals surface area contributed by atoms with E-state index < -0.39 is 10.0 Å². The lowest BCUT2D eigenvalue weighted by Gasteiger charge is -2.24. The second-order valence-corrected chi connectivity index (χ2v) is 7.98. The van der Waals surface area contributed by atoms with E-state index in [1.807, 2.05) is 14.0 Å². The molecular formula is C12H21N3O2S2. The quantitative estimate of drug-likeness (QED) is 0.787. The van der Waals surface area contributed by atoms with Crippen LogP contribution >= 0.6 is 11.3 Å². The summed E-state index contributed by atoms with van der Waals surface area (Å²) >= 11 is 1.22. The minimum atomic E-state index is -3.40. The molecule has 2 rings (SSSR count). The molecule has 0 amide bonds. The summed E-state index contributed by atoms with van der Waals surface area (Å²) in [6.07, 6.45) is 2.44. The van der Waals surface area contributed by atoms with E-state index in [0.29, 0.717) is 23.3 Å². The Balaban J connectivity index is 1.93. The Morgan fingerprint density at radius 1 is 1.58 bits per heavy atom. The normalized spacial score (nSPS) is 17.9. The predicted molar refractivity (Wildman–Crippen MR) is 77.6 cm³/mol. The lowest BCUT2D eigenvalue weighted by Crippen LogP contribution is -2.40. The molecule has 1 atom stereocenters. The summed E-state index contributed by atoms with van der Waals surface area (Å²) in [6, 6.07) is 2.48. The van der Waals surface area contributed by atoms with Gasteiger partial charge in [0, 0.05) is 25.2 Å². The first-order valence-electron chi connectivity index (χ1n) is 6.43. The Morgan fingerprint density at radius 3 is 2.79 bits per heavy atom. The Morgan fingerprint density at radius 2 is 2.26 bits per heavy atom. The minimum absolute atomic E-state index is 0.205. The number of nitrogens with one attached hydrogen (secondary N) is 1. The highest BCUT2D eigenvalue weighted by atomic mass is 32.2. The first-order chi connectivity index (χ1) is 8.94. The third-order valence-corrected chi connectivity index (χ3v) is 6.43. The van der Waals surface area contributed by atoms with Crippen LogP contribution in [-0.4, -0.2) is 39.0 Å². The summed E-state index contributed by atoms with van der Waals surface area (Å²) in [7, 11) is -1.35. The van der Waals surface area contributed by atoms with Gasteiger partial charge in [0.1, 0.15) is 4.21 Å². The standard InChI is InChI=1S/C12H21N3O2S2/c1-9(15(2)11-3-4-11)7-14-19(16,17)12-5-10(6-13)8-18-12/h5,8-9,11,14H,3-4,6-7,13H2,1-2H3. The molecule has 3 N–H and O–H groups in total. The summed E-state index contributed by atoms with van der Waals surface area (Å²) in [5, 5.41) is 1.79. The first kappa shape index (κ1) is 14.9. The number of nitrogens with zero attached hydrogens (tertiary/aromatic N) is 1. The van der Waals surface area contributed by atoms with E-state index in [1.54, 1.807) is 11.4 Å². The van der Waals surface area contributed by atoms with Gasteiger partial charge in [0.15, 0.2) is 0 Å². The molecule has 5 nitrogen and oxygen atoms in total. The molecule has 0 radical (unpaired) electrons. The molecule has 1 aliphatic carbocycles. The van der Waals surface area contributed by atoms with E-state index in [1.165, 1.54) is 24.2 Å². The van der Waals surface area contributed by atoms with Gasteiger partial charge in [-0.15, -0.1) is 11.3 Å². The van der Waals surface area contributed by atoms with Crippen LogP contribution in [0.5, 0.6) is 0 Å². The van der Waals surface area contributed by atoms with Crippen molar-refractivity contribution in [3.63, 3.8) is 0 Å². The van der Waals surface area contributed by atoms with Crippen molar-refractivity contribution in [1.29, 1.82) is 0 Å². The number of hydrogen-bond donors (Lipinski definition) is 2. The maximum Gasteiger partial charge on any atom is 0.250 e. The van der Waals surface area contributed by atoms with Crippen molar-refractivity contribution >= 4 is 21.4 Å². The highest BCUT2D eigenvalue weighted by Gasteiger charge is 2.29. The third-order valence-electron chi connectivity index (χ3n) is 3.52. The van der Waals surface area contributed by atoms with Crippen LogP contribution in [0.4, 0.5) is 0 Å². The maximum atomic E-state index is 12.1. The Kier molecular flexibility index (Phi) is 4.62. The molecule has 1 aromatic heterocycles. The molecule has 0 saturated heterocycles. The van der Waals surface area contributed by atoms with E-state index >= 15 is 0 Å². The van der Waals surface area contributed by atoms with E-state index in [2.05, 4.69) is 9.62 Å². The number of thiophene rings is 1. The van der Waals surface area contributed by atoms with Crippen LogP contribution in [-0.2, 0) is 16.6 Å². The van der Waals surface area contributed by atoms with Crippen LogP contribution in [0.25, 0.3) is 0 Å². The number of nitrogens with two attached hydrogens (primary N) is 1. The number of sulfonamides is 1. The topological polar surface area (TPSA) is 75.4 Å². The molecule has 0 spiro atoms. The monoisotopic (exact) mass is 303 g/mol. The molecule has 1 saturated carbocycles. The van der Waals surface area contributed by atoms with Crippen LogP contribution < -0.4 is 10.5 Å². The maximum absolute atomic E-state index is 12.1. The van der Waals surface area contributed by atoms with Gasteiger partial charge in [-0.1, -0.05) is 0 Å². The molecule has 0 aliphatic heterocycles. The second kappa shape index (κ2) is 5.88. The van der Waals surface area contributed by atoms with Crippen LogP contribution in [0.15, 0.2) is 15.7 Å². The third kappa shape index (κ3) is 3.76. The van der Waals surface area contributed by atoms with Crippen LogP contribution in [0.2, 0.25) is 0 Å². The molecule has 1 unspecified atom stereocenters. The highest BCUT2D eigenvalue weighted by Crippen LogP contribution is 2.27. The highest BCUT2D eigenvalue weighted by molar-refractivity contribution is 7.91. The molecule has 0 bridgehead atoms. The van der Waals surface area contributed by atoms with E-state index in [9.17, 15) is 8.42 Å². The van der Waals surface area contributed by atoms with Gasteiger partial charge >= 0.3 is 0 Å². The molecule has 1 aliphatic rings. The fraction of sp³-hybridized carbons (Fsp3) is 0.667. The smallest absolute Gasteiger partial charge is 0.250 e. The van der Waals surface area contributed by atoms with Crippen molar-refractivity contribution in [3.05, 3.63) is 17.0 Å². The van der Waals surface area contributed by atoms with Crippen LogP contribution in [0.1, 0.15) is 25.3 Å². The van der Waals surface area contributed by atoms with Crippen molar-refractivity contribution in [3.8, 4) is 0 Å². The van der Waals surface area contributed by atoms with Gasteiger partial charge in [-0.2, -0.15) is 0 Å².